The van der Waals surface area contributed by atoms with Crippen molar-refractivity contribution in [3.8, 4) is 5.75 Å². The van der Waals surface area contributed by atoms with Gasteiger partial charge in [0.1, 0.15) is 5.75 Å². The third kappa shape index (κ3) is 3.21. The number of hydrogen-bond acceptors (Lipinski definition) is 3. The van der Waals surface area contributed by atoms with E-state index in [-0.39, 0.29) is 12.5 Å². The highest BCUT2D eigenvalue weighted by atomic mass is 16.5. The fraction of sp³-hybridized carbons (Fsp3) is 0.333. The average molecular weight is 237 g/mol. The number of nitrogens with one attached hydrogen (secondary N) is 1. The van der Waals surface area contributed by atoms with Gasteiger partial charge in [-0.25, -0.2) is 4.79 Å². The molecule has 0 atom stereocenters. The van der Waals surface area contributed by atoms with Gasteiger partial charge in [0.2, 0.25) is 0 Å². The van der Waals surface area contributed by atoms with Gasteiger partial charge < -0.3 is 15.2 Å². The molecule has 0 aliphatic rings. The van der Waals surface area contributed by atoms with Crippen LogP contribution in [0.15, 0.2) is 12.1 Å². The third-order valence-corrected chi connectivity index (χ3v) is 2.29. The van der Waals surface area contributed by atoms with Gasteiger partial charge in [-0.3, -0.25) is 4.79 Å². The number of carboxylic acids is 1. The Morgan fingerprint density at radius 2 is 1.82 bits per heavy atom. The molecule has 5 nitrogen and oxygen atoms in total. The number of carbonyl (C=O) groups is 2. The number of amides is 1. The Labute approximate surface area is 99.4 Å². The Kier molecular flexibility index (Phi) is 4.09. The average Bonchev–Trinajstić information content (AvgIpc) is 2.26. The predicted molar refractivity (Wildman–Crippen MR) is 62.4 cm³/mol. The normalized spacial score (nSPS) is 9.82. The molecule has 0 radical (unpaired) electrons. The first-order chi connectivity index (χ1) is 7.95. The van der Waals surface area contributed by atoms with Crippen molar-refractivity contribution in [2.75, 3.05) is 13.7 Å². The van der Waals surface area contributed by atoms with Crippen LogP contribution in [0.25, 0.3) is 0 Å². The maximum absolute atomic E-state index is 11.4. The number of rotatable bonds is 4. The molecule has 0 saturated heterocycles. The summed E-state index contributed by atoms with van der Waals surface area (Å²) in [7, 11) is 1.56. The molecule has 0 spiro atoms. The predicted octanol–water partition coefficient (Wildman–Crippen LogP) is 1.13. The summed E-state index contributed by atoms with van der Waals surface area (Å²) in [6.07, 6.45) is 0. The van der Waals surface area contributed by atoms with Gasteiger partial charge in [-0.1, -0.05) is 0 Å². The zero-order valence-electron chi connectivity index (χ0n) is 10.0. The standard InChI is InChI=1S/C12H15NO4/c1-7-4-9(12(16)13-3)5-8(2)11(7)17-6-10(14)15/h4-5H,6H2,1-3H3,(H,13,16)(H,14,15). The molecule has 2 N–H and O–H groups in total. The Hall–Kier alpha value is -2.04. The topological polar surface area (TPSA) is 75.6 Å². The molecule has 0 aliphatic carbocycles. The first-order valence-corrected chi connectivity index (χ1v) is 5.13. The maximum Gasteiger partial charge on any atom is 0.341 e. The van der Waals surface area contributed by atoms with Crippen molar-refractivity contribution < 1.29 is 19.4 Å². The fourth-order valence-electron chi connectivity index (χ4n) is 1.59. The van der Waals surface area contributed by atoms with Gasteiger partial charge in [-0.05, 0) is 37.1 Å². The third-order valence-electron chi connectivity index (χ3n) is 2.29. The summed E-state index contributed by atoms with van der Waals surface area (Å²) in [5, 5.41) is 11.1. The fourth-order valence-corrected chi connectivity index (χ4v) is 1.59. The molecule has 0 aromatic heterocycles. The van der Waals surface area contributed by atoms with Crippen LogP contribution in [0, 0.1) is 13.8 Å². The van der Waals surface area contributed by atoms with Crippen molar-refractivity contribution in [2.45, 2.75) is 13.8 Å². The van der Waals surface area contributed by atoms with Gasteiger partial charge >= 0.3 is 5.97 Å². The molecule has 0 saturated carbocycles. The summed E-state index contributed by atoms with van der Waals surface area (Å²) in [6, 6.07) is 3.34. The number of carbonyl (C=O) groups excluding carboxylic acids is 1. The highest BCUT2D eigenvalue weighted by Gasteiger charge is 2.11. The minimum Gasteiger partial charge on any atom is -0.481 e. The summed E-state index contributed by atoms with van der Waals surface area (Å²) < 4.78 is 5.17. The second-order valence-corrected chi connectivity index (χ2v) is 3.70. The summed E-state index contributed by atoms with van der Waals surface area (Å²) in [5.41, 5.74) is 2.01. The minimum atomic E-state index is -1.03. The van der Waals surface area contributed by atoms with Crippen LogP contribution in [-0.4, -0.2) is 30.6 Å². The SMILES string of the molecule is CNC(=O)c1cc(C)c(OCC(=O)O)c(C)c1. The van der Waals surface area contributed by atoms with Crippen LogP contribution in [0.4, 0.5) is 0 Å². The molecule has 0 heterocycles. The highest BCUT2D eigenvalue weighted by molar-refractivity contribution is 5.94. The summed E-state index contributed by atoms with van der Waals surface area (Å²) in [5.74, 6) is -0.694. The molecule has 5 heteroatoms. The first kappa shape index (κ1) is 13.0. The van der Waals surface area contributed by atoms with E-state index in [0.29, 0.717) is 11.3 Å². The van der Waals surface area contributed by atoms with E-state index in [1.165, 1.54) is 0 Å². The Bertz CT molecular complexity index is 431. The Morgan fingerprint density at radius 3 is 2.24 bits per heavy atom. The molecule has 0 unspecified atom stereocenters. The molecule has 1 aromatic carbocycles. The molecule has 1 amide bonds. The van der Waals surface area contributed by atoms with Crippen molar-refractivity contribution in [2.24, 2.45) is 0 Å². The summed E-state index contributed by atoms with van der Waals surface area (Å²) >= 11 is 0. The number of aliphatic carboxylic acids is 1. The lowest BCUT2D eigenvalue weighted by Crippen LogP contribution is -2.18. The van der Waals surface area contributed by atoms with E-state index < -0.39 is 5.97 Å². The van der Waals surface area contributed by atoms with Gasteiger partial charge in [0.25, 0.3) is 5.91 Å². The lowest BCUT2D eigenvalue weighted by molar-refractivity contribution is -0.139. The monoisotopic (exact) mass is 237 g/mol. The van der Waals surface area contributed by atoms with E-state index in [0.717, 1.165) is 11.1 Å². The van der Waals surface area contributed by atoms with Gasteiger partial charge in [0.05, 0.1) is 0 Å². The second kappa shape index (κ2) is 5.34. The van der Waals surface area contributed by atoms with Gasteiger partial charge in [-0.15, -0.1) is 0 Å². The zero-order chi connectivity index (χ0) is 13.0. The van der Waals surface area contributed by atoms with Crippen LogP contribution in [0.3, 0.4) is 0 Å². The van der Waals surface area contributed by atoms with E-state index >= 15 is 0 Å². The van der Waals surface area contributed by atoms with Crippen molar-refractivity contribution in [1.82, 2.24) is 5.32 Å². The van der Waals surface area contributed by atoms with Crippen LogP contribution < -0.4 is 10.1 Å². The maximum atomic E-state index is 11.4. The van der Waals surface area contributed by atoms with E-state index in [1.54, 1.807) is 33.0 Å². The molecular weight excluding hydrogens is 222 g/mol. The summed E-state index contributed by atoms with van der Waals surface area (Å²) in [4.78, 5) is 21.9. The number of benzene rings is 1. The quantitative estimate of drug-likeness (QED) is 0.823. The number of ether oxygens (including phenoxy) is 1. The second-order valence-electron chi connectivity index (χ2n) is 3.70. The number of aryl methyl sites for hydroxylation is 2. The van der Waals surface area contributed by atoms with Crippen molar-refractivity contribution in [1.29, 1.82) is 0 Å². The molecule has 0 fully saturated rings. The molecular formula is C12H15NO4. The largest absolute Gasteiger partial charge is 0.481 e. The molecule has 92 valence electrons. The van der Waals surface area contributed by atoms with Gasteiger partial charge in [0, 0.05) is 12.6 Å². The molecule has 1 aromatic rings. The first-order valence-electron chi connectivity index (χ1n) is 5.13. The number of carboxylic acid groups (broad SMARTS) is 1. The van der Waals surface area contributed by atoms with Crippen LogP contribution in [0.1, 0.15) is 21.5 Å². The van der Waals surface area contributed by atoms with Gasteiger partial charge in [-0.2, -0.15) is 0 Å². The van der Waals surface area contributed by atoms with Gasteiger partial charge in [0.15, 0.2) is 6.61 Å². The smallest absolute Gasteiger partial charge is 0.341 e. The lowest BCUT2D eigenvalue weighted by atomic mass is 10.1. The molecule has 1 rings (SSSR count). The van der Waals surface area contributed by atoms with Crippen LogP contribution in [0.2, 0.25) is 0 Å². The van der Waals surface area contributed by atoms with E-state index in [1.807, 2.05) is 0 Å². The lowest BCUT2D eigenvalue weighted by Gasteiger charge is -2.12. The number of hydrogen-bond donors (Lipinski definition) is 2. The van der Waals surface area contributed by atoms with Crippen LogP contribution in [0.5, 0.6) is 5.75 Å². The highest BCUT2D eigenvalue weighted by Crippen LogP contribution is 2.24. The van der Waals surface area contributed by atoms with Crippen LogP contribution >= 0.6 is 0 Å². The Morgan fingerprint density at radius 1 is 1.29 bits per heavy atom. The van der Waals surface area contributed by atoms with Crippen molar-refractivity contribution >= 4 is 11.9 Å². The van der Waals surface area contributed by atoms with Crippen LogP contribution in [-0.2, 0) is 4.79 Å². The molecule has 0 aliphatic heterocycles. The van der Waals surface area contributed by atoms with E-state index in [2.05, 4.69) is 5.32 Å². The summed E-state index contributed by atoms with van der Waals surface area (Å²) in [6.45, 7) is 3.16. The Balaban J connectivity index is 3.02. The molecule has 17 heavy (non-hydrogen) atoms. The zero-order valence-corrected chi connectivity index (χ0v) is 10.0. The van der Waals surface area contributed by atoms with Crippen molar-refractivity contribution in [3.05, 3.63) is 28.8 Å². The van der Waals surface area contributed by atoms with Crippen molar-refractivity contribution in [3.63, 3.8) is 0 Å². The van der Waals surface area contributed by atoms with E-state index in [9.17, 15) is 9.59 Å². The minimum absolute atomic E-state index is 0.180. The molecule has 0 bridgehead atoms. The van der Waals surface area contributed by atoms with E-state index in [4.69, 9.17) is 9.84 Å².